The molecule has 0 saturated carbocycles. The van der Waals surface area contributed by atoms with Gasteiger partial charge in [0.25, 0.3) is 0 Å². The lowest BCUT2D eigenvalue weighted by Crippen LogP contribution is -2.51. The van der Waals surface area contributed by atoms with Crippen molar-refractivity contribution in [1.82, 2.24) is 15.1 Å². The molecule has 4 nitrogen and oxygen atoms in total. The van der Waals surface area contributed by atoms with E-state index in [1.54, 1.807) is 0 Å². The molecule has 2 rings (SSSR count). The van der Waals surface area contributed by atoms with Crippen LogP contribution in [-0.4, -0.2) is 35.1 Å². The topological polar surface area (TPSA) is 39.1 Å². The maximum atomic E-state index is 6.03. The van der Waals surface area contributed by atoms with Crippen molar-refractivity contribution in [2.24, 2.45) is 7.05 Å². The molecule has 1 saturated heterocycles. The van der Waals surface area contributed by atoms with Crippen LogP contribution in [0.15, 0.2) is 12.3 Å². The zero-order valence-corrected chi connectivity index (χ0v) is 11.8. The second kappa shape index (κ2) is 5.85. The van der Waals surface area contributed by atoms with E-state index >= 15 is 0 Å². The number of ether oxygens (including phenoxy) is 1. The Labute approximate surface area is 110 Å². The minimum atomic E-state index is -0.00834. The Balaban J connectivity index is 1.94. The molecule has 102 valence electrons. The van der Waals surface area contributed by atoms with Crippen molar-refractivity contribution in [2.45, 2.75) is 50.7 Å². The summed E-state index contributed by atoms with van der Waals surface area (Å²) in [5, 5.41) is 7.65. The average Bonchev–Trinajstić information content (AvgIpc) is 2.76. The highest BCUT2D eigenvalue weighted by Crippen LogP contribution is 2.29. The first-order chi connectivity index (χ1) is 8.65. The first-order valence-electron chi connectivity index (χ1n) is 6.94. The number of nitrogens with one attached hydrogen (secondary N) is 1. The molecule has 2 heterocycles. The fourth-order valence-corrected chi connectivity index (χ4v) is 2.92. The van der Waals surface area contributed by atoms with Crippen molar-refractivity contribution in [3.05, 3.63) is 18.0 Å². The molecule has 0 amide bonds. The van der Waals surface area contributed by atoms with Crippen LogP contribution < -0.4 is 5.32 Å². The third-order valence-corrected chi connectivity index (χ3v) is 4.20. The average molecular weight is 251 g/mol. The van der Waals surface area contributed by atoms with Gasteiger partial charge in [0.15, 0.2) is 0 Å². The second-order valence-corrected chi connectivity index (χ2v) is 5.44. The molecular weight excluding hydrogens is 226 g/mol. The Hall–Kier alpha value is -0.870. The van der Waals surface area contributed by atoms with Crippen LogP contribution in [0.25, 0.3) is 0 Å². The van der Waals surface area contributed by atoms with Gasteiger partial charge in [0.2, 0.25) is 0 Å². The largest absolute Gasteiger partial charge is 0.374 e. The van der Waals surface area contributed by atoms with Crippen LogP contribution in [0.2, 0.25) is 0 Å². The van der Waals surface area contributed by atoms with Gasteiger partial charge < -0.3 is 10.1 Å². The van der Waals surface area contributed by atoms with Crippen molar-refractivity contribution in [3.8, 4) is 0 Å². The van der Waals surface area contributed by atoms with E-state index in [9.17, 15) is 0 Å². The Morgan fingerprint density at radius 2 is 2.39 bits per heavy atom. The summed E-state index contributed by atoms with van der Waals surface area (Å²) < 4.78 is 7.99. The van der Waals surface area contributed by atoms with Gasteiger partial charge in [-0.1, -0.05) is 0 Å². The number of nitrogens with zero attached hydrogens (tertiary/aromatic N) is 2. The maximum Gasteiger partial charge on any atom is 0.0806 e. The molecule has 0 bridgehead atoms. The molecule has 1 aromatic rings. The summed E-state index contributed by atoms with van der Waals surface area (Å²) in [6.07, 6.45) is 7.63. The van der Waals surface area contributed by atoms with Gasteiger partial charge in [0.05, 0.1) is 5.60 Å². The Kier molecular flexibility index (Phi) is 4.40. The zero-order chi connectivity index (χ0) is 13.0. The SMILES string of the molecule is CNC(CCc1ccnn1C)C1(C)CCCCO1. The molecule has 1 aliphatic heterocycles. The van der Waals surface area contributed by atoms with E-state index in [4.69, 9.17) is 4.74 Å². The molecule has 0 aliphatic carbocycles. The fraction of sp³-hybridized carbons (Fsp3) is 0.786. The van der Waals surface area contributed by atoms with Crippen LogP contribution in [0, 0.1) is 0 Å². The Morgan fingerprint density at radius 1 is 1.56 bits per heavy atom. The van der Waals surface area contributed by atoms with E-state index in [2.05, 4.69) is 23.4 Å². The standard InChI is InChI=1S/C14H25N3O/c1-14(9-4-5-11-18-14)13(15-2)7-6-12-8-10-16-17(12)3/h8,10,13,15H,4-7,9,11H2,1-3H3. The summed E-state index contributed by atoms with van der Waals surface area (Å²) in [6, 6.07) is 2.50. The van der Waals surface area contributed by atoms with E-state index in [1.165, 1.54) is 18.5 Å². The number of hydrogen-bond acceptors (Lipinski definition) is 3. The monoisotopic (exact) mass is 251 g/mol. The number of likely N-dealkylation sites (N-methyl/N-ethyl adjacent to an activating group) is 1. The minimum absolute atomic E-state index is 0.00834. The lowest BCUT2D eigenvalue weighted by atomic mass is 9.85. The molecule has 1 N–H and O–H groups in total. The highest BCUT2D eigenvalue weighted by atomic mass is 16.5. The quantitative estimate of drug-likeness (QED) is 0.868. The molecule has 2 unspecified atom stereocenters. The number of hydrogen-bond donors (Lipinski definition) is 1. The first-order valence-corrected chi connectivity index (χ1v) is 6.94. The molecule has 1 fully saturated rings. The number of aryl methyl sites for hydroxylation is 2. The maximum absolute atomic E-state index is 6.03. The van der Waals surface area contributed by atoms with E-state index in [0.717, 1.165) is 25.9 Å². The van der Waals surface area contributed by atoms with Gasteiger partial charge in [0, 0.05) is 31.6 Å². The molecule has 2 atom stereocenters. The first kappa shape index (κ1) is 13.6. The van der Waals surface area contributed by atoms with Crippen LogP contribution in [0.3, 0.4) is 0 Å². The van der Waals surface area contributed by atoms with Gasteiger partial charge >= 0.3 is 0 Å². The van der Waals surface area contributed by atoms with E-state index in [-0.39, 0.29) is 5.60 Å². The third kappa shape index (κ3) is 2.93. The van der Waals surface area contributed by atoms with Gasteiger partial charge in [-0.2, -0.15) is 5.10 Å². The van der Waals surface area contributed by atoms with Crippen molar-refractivity contribution in [2.75, 3.05) is 13.7 Å². The van der Waals surface area contributed by atoms with Crippen molar-refractivity contribution >= 4 is 0 Å². The molecule has 4 heteroatoms. The normalized spacial score (nSPS) is 26.2. The van der Waals surface area contributed by atoms with Crippen LogP contribution in [0.1, 0.15) is 38.3 Å². The van der Waals surface area contributed by atoms with Crippen molar-refractivity contribution in [1.29, 1.82) is 0 Å². The highest BCUT2D eigenvalue weighted by molar-refractivity contribution is 5.02. The van der Waals surface area contributed by atoms with Crippen LogP contribution in [0.4, 0.5) is 0 Å². The number of aromatic nitrogens is 2. The van der Waals surface area contributed by atoms with Gasteiger partial charge in [-0.05, 0) is 52.1 Å². The summed E-state index contributed by atoms with van der Waals surface area (Å²) in [7, 11) is 4.04. The van der Waals surface area contributed by atoms with Crippen LogP contribution >= 0.6 is 0 Å². The molecule has 0 aromatic carbocycles. The predicted molar refractivity (Wildman–Crippen MR) is 72.6 cm³/mol. The summed E-state index contributed by atoms with van der Waals surface area (Å²) in [6.45, 7) is 3.15. The molecule has 0 spiro atoms. The molecule has 1 aromatic heterocycles. The summed E-state index contributed by atoms with van der Waals surface area (Å²) in [5.74, 6) is 0. The lowest BCUT2D eigenvalue weighted by Gasteiger charge is -2.40. The highest BCUT2D eigenvalue weighted by Gasteiger charge is 2.35. The summed E-state index contributed by atoms with van der Waals surface area (Å²) in [4.78, 5) is 0. The number of rotatable bonds is 5. The molecule has 0 radical (unpaired) electrons. The molecule has 1 aliphatic rings. The van der Waals surface area contributed by atoms with Crippen LogP contribution in [-0.2, 0) is 18.2 Å². The van der Waals surface area contributed by atoms with Gasteiger partial charge in [-0.15, -0.1) is 0 Å². The predicted octanol–water partition coefficient (Wildman–Crippen LogP) is 1.90. The van der Waals surface area contributed by atoms with Crippen molar-refractivity contribution < 1.29 is 4.74 Å². The van der Waals surface area contributed by atoms with E-state index < -0.39 is 0 Å². The molecular formula is C14H25N3O. The molecule has 18 heavy (non-hydrogen) atoms. The van der Waals surface area contributed by atoms with Crippen molar-refractivity contribution in [3.63, 3.8) is 0 Å². The third-order valence-electron chi connectivity index (χ3n) is 4.20. The Bertz CT molecular complexity index is 369. The fourth-order valence-electron chi connectivity index (χ4n) is 2.92. The zero-order valence-electron chi connectivity index (χ0n) is 11.8. The lowest BCUT2D eigenvalue weighted by molar-refractivity contribution is -0.0886. The minimum Gasteiger partial charge on any atom is -0.374 e. The second-order valence-electron chi connectivity index (χ2n) is 5.44. The van der Waals surface area contributed by atoms with Gasteiger partial charge in [-0.3, -0.25) is 4.68 Å². The van der Waals surface area contributed by atoms with E-state index in [0.29, 0.717) is 6.04 Å². The Morgan fingerprint density at radius 3 is 2.94 bits per heavy atom. The summed E-state index contributed by atoms with van der Waals surface area (Å²) >= 11 is 0. The van der Waals surface area contributed by atoms with Crippen LogP contribution in [0.5, 0.6) is 0 Å². The van der Waals surface area contributed by atoms with E-state index in [1.807, 2.05) is 25.0 Å². The smallest absolute Gasteiger partial charge is 0.0806 e. The van der Waals surface area contributed by atoms with Gasteiger partial charge in [0.1, 0.15) is 0 Å². The van der Waals surface area contributed by atoms with Gasteiger partial charge in [-0.25, -0.2) is 0 Å². The summed E-state index contributed by atoms with van der Waals surface area (Å²) in [5.41, 5.74) is 1.28.